The molecule has 0 unspecified atom stereocenters. The summed E-state index contributed by atoms with van der Waals surface area (Å²) in [6.07, 6.45) is 0.229. The minimum atomic E-state index is -1.11. The van der Waals surface area contributed by atoms with Crippen LogP contribution in [-0.4, -0.2) is 11.2 Å². The summed E-state index contributed by atoms with van der Waals surface area (Å²) < 4.78 is 13.3. The van der Waals surface area contributed by atoms with Gasteiger partial charge in [0.15, 0.2) is 6.29 Å². The Bertz CT molecular complexity index is 380. The second kappa shape index (κ2) is 3.61. The van der Waals surface area contributed by atoms with Gasteiger partial charge in [0, 0.05) is 10.5 Å². The van der Waals surface area contributed by atoms with E-state index in [2.05, 4.69) is 15.9 Å². The number of carbonyl (C=O) groups is 1. The second-order valence-corrected chi connectivity index (χ2v) is 3.12. The lowest BCUT2D eigenvalue weighted by Gasteiger charge is -1.97. The van der Waals surface area contributed by atoms with Crippen LogP contribution in [0, 0.1) is 15.9 Å². The van der Waals surface area contributed by atoms with Crippen LogP contribution in [0.15, 0.2) is 16.6 Å². The fourth-order valence-corrected chi connectivity index (χ4v) is 1.28. The molecule has 1 aromatic carbocycles. The zero-order valence-electron chi connectivity index (χ0n) is 6.16. The summed E-state index contributed by atoms with van der Waals surface area (Å²) in [5.41, 5.74) is -1.04. The summed E-state index contributed by atoms with van der Waals surface area (Å²) in [6, 6.07) is 2.18. The SMILES string of the molecule is O=Cc1cc(Br)cc([N+](=O)[O-])c1F. The fraction of sp³-hybridized carbons (Fsp3) is 0. The highest BCUT2D eigenvalue weighted by atomic mass is 79.9. The van der Waals surface area contributed by atoms with Crippen molar-refractivity contribution in [3.05, 3.63) is 38.1 Å². The molecule has 0 aliphatic carbocycles. The van der Waals surface area contributed by atoms with Crippen LogP contribution < -0.4 is 0 Å². The molecule has 0 aromatic heterocycles. The fourth-order valence-electron chi connectivity index (χ4n) is 0.814. The smallest absolute Gasteiger partial charge is 0.298 e. The Kier molecular flexibility index (Phi) is 2.72. The van der Waals surface area contributed by atoms with Crippen LogP contribution >= 0.6 is 15.9 Å². The topological polar surface area (TPSA) is 60.2 Å². The van der Waals surface area contributed by atoms with Gasteiger partial charge in [-0.2, -0.15) is 4.39 Å². The third-order valence-electron chi connectivity index (χ3n) is 1.37. The first-order valence-corrected chi connectivity index (χ1v) is 3.94. The molecule has 0 spiro atoms. The Balaban J connectivity index is 3.44. The van der Waals surface area contributed by atoms with E-state index in [9.17, 15) is 19.3 Å². The molecule has 6 heteroatoms. The molecule has 0 N–H and O–H groups in total. The number of benzene rings is 1. The standard InChI is InChI=1S/C7H3BrFNO3/c8-5-1-4(3-11)7(9)6(2-5)10(12)13/h1-3H. The highest BCUT2D eigenvalue weighted by Crippen LogP contribution is 2.24. The largest absolute Gasteiger partial charge is 0.306 e. The molecule has 0 heterocycles. The number of rotatable bonds is 2. The number of nitrogens with zero attached hydrogens (tertiary/aromatic N) is 1. The minimum Gasteiger partial charge on any atom is -0.298 e. The summed E-state index contributed by atoms with van der Waals surface area (Å²) in [6.45, 7) is 0. The summed E-state index contributed by atoms with van der Waals surface area (Å²) in [5, 5.41) is 10.3. The molecule has 0 saturated heterocycles. The van der Waals surface area contributed by atoms with Crippen LogP contribution in [0.1, 0.15) is 10.4 Å². The van der Waals surface area contributed by atoms with Crippen LogP contribution in [0.3, 0.4) is 0 Å². The van der Waals surface area contributed by atoms with E-state index in [-0.39, 0.29) is 11.8 Å². The van der Waals surface area contributed by atoms with E-state index in [1.54, 1.807) is 0 Å². The minimum absolute atomic E-state index is 0.229. The maximum atomic E-state index is 13.0. The third kappa shape index (κ3) is 1.89. The molecule has 4 nitrogen and oxygen atoms in total. The Morgan fingerprint density at radius 3 is 2.62 bits per heavy atom. The maximum absolute atomic E-state index is 13.0. The first-order valence-electron chi connectivity index (χ1n) is 3.15. The van der Waals surface area contributed by atoms with Crippen molar-refractivity contribution in [2.24, 2.45) is 0 Å². The first-order chi connectivity index (χ1) is 6.06. The molecular weight excluding hydrogens is 245 g/mol. The number of hydrogen-bond donors (Lipinski definition) is 0. The van der Waals surface area contributed by atoms with Crippen LogP contribution in [0.4, 0.5) is 10.1 Å². The molecule has 0 fully saturated rings. The lowest BCUT2D eigenvalue weighted by Crippen LogP contribution is -1.96. The van der Waals surface area contributed by atoms with E-state index < -0.39 is 16.4 Å². The van der Waals surface area contributed by atoms with Crippen molar-refractivity contribution in [1.82, 2.24) is 0 Å². The van der Waals surface area contributed by atoms with Gasteiger partial charge in [-0.3, -0.25) is 14.9 Å². The average molecular weight is 248 g/mol. The number of aldehydes is 1. The predicted molar refractivity (Wildman–Crippen MR) is 46.1 cm³/mol. The van der Waals surface area contributed by atoms with Crippen LogP contribution in [0.25, 0.3) is 0 Å². The highest BCUT2D eigenvalue weighted by Gasteiger charge is 2.18. The molecule has 0 bridgehead atoms. The number of nitro groups is 1. The molecule has 1 aromatic rings. The molecule has 0 saturated carbocycles. The number of nitro benzene ring substituents is 1. The van der Waals surface area contributed by atoms with E-state index in [1.165, 1.54) is 6.07 Å². The van der Waals surface area contributed by atoms with Gasteiger partial charge in [0.2, 0.25) is 5.82 Å². The summed E-state index contributed by atoms with van der Waals surface area (Å²) >= 11 is 2.93. The maximum Gasteiger partial charge on any atom is 0.306 e. The van der Waals surface area contributed by atoms with Crippen molar-refractivity contribution in [3.8, 4) is 0 Å². The summed E-state index contributed by atoms with van der Waals surface area (Å²) in [7, 11) is 0. The summed E-state index contributed by atoms with van der Waals surface area (Å²) in [4.78, 5) is 19.7. The van der Waals surface area contributed by atoms with E-state index in [4.69, 9.17) is 0 Å². The van der Waals surface area contributed by atoms with Crippen molar-refractivity contribution < 1.29 is 14.1 Å². The van der Waals surface area contributed by atoms with Gasteiger partial charge in [0.05, 0.1) is 10.5 Å². The monoisotopic (exact) mass is 247 g/mol. The Morgan fingerprint density at radius 1 is 1.54 bits per heavy atom. The zero-order valence-corrected chi connectivity index (χ0v) is 7.75. The third-order valence-corrected chi connectivity index (χ3v) is 1.83. The first kappa shape index (κ1) is 9.79. The van der Waals surface area contributed by atoms with E-state index in [0.29, 0.717) is 4.47 Å². The Morgan fingerprint density at radius 2 is 2.15 bits per heavy atom. The molecule has 13 heavy (non-hydrogen) atoms. The van der Waals surface area contributed by atoms with Gasteiger partial charge >= 0.3 is 5.69 Å². The van der Waals surface area contributed by atoms with Crippen molar-refractivity contribution in [3.63, 3.8) is 0 Å². The van der Waals surface area contributed by atoms with Crippen molar-refractivity contribution in [2.45, 2.75) is 0 Å². The lowest BCUT2D eigenvalue weighted by atomic mass is 10.2. The van der Waals surface area contributed by atoms with Crippen molar-refractivity contribution in [1.29, 1.82) is 0 Å². The van der Waals surface area contributed by atoms with Gasteiger partial charge in [0.25, 0.3) is 0 Å². The molecule has 1 rings (SSSR count). The van der Waals surface area contributed by atoms with Crippen LogP contribution in [0.2, 0.25) is 0 Å². The van der Waals surface area contributed by atoms with Crippen molar-refractivity contribution in [2.75, 3.05) is 0 Å². The lowest BCUT2D eigenvalue weighted by molar-refractivity contribution is -0.387. The highest BCUT2D eigenvalue weighted by molar-refractivity contribution is 9.10. The van der Waals surface area contributed by atoms with Gasteiger partial charge in [-0.05, 0) is 6.07 Å². The van der Waals surface area contributed by atoms with Gasteiger partial charge in [-0.25, -0.2) is 0 Å². The molecule has 0 aliphatic heterocycles. The number of carbonyl (C=O) groups excluding carboxylic acids is 1. The number of hydrogen-bond acceptors (Lipinski definition) is 3. The normalized spacial score (nSPS) is 9.69. The van der Waals surface area contributed by atoms with Crippen molar-refractivity contribution >= 4 is 27.9 Å². The zero-order chi connectivity index (χ0) is 10.0. The quantitative estimate of drug-likeness (QED) is 0.458. The van der Waals surface area contributed by atoms with Gasteiger partial charge < -0.3 is 0 Å². The summed E-state index contributed by atoms with van der Waals surface area (Å²) in [5.74, 6) is -1.11. The Hall–Kier alpha value is -1.30. The predicted octanol–water partition coefficient (Wildman–Crippen LogP) is 2.31. The van der Waals surface area contributed by atoms with E-state index in [1.807, 2.05) is 0 Å². The average Bonchev–Trinajstić information content (AvgIpc) is 2.08. The molecule has 0 amide bonds. The molecular formula is C7H3BrFNO3. The number of halogens is 2. The van der Waals surface area contributed by atoms with Gasteiger partial charge in [-0.15, -0.1) is 0 Å². The van der Waals surface area contributed by atoms with E-state index in [0.717, 1.165) is 6.07 Å². The second-order valence-electron chi connectivity index (χ2n) is 2.20. The van der Waals surface area contributed by atoms with Crippen LogP contribution in [0.5, 0.6) is 0 Å². The van der Waals surface area contributed by atoms with E-state index >= 15 is 0 Å². The molecule has 0 aliphatic rings. The van der Waals surface area contributed by atoms with Crippen LogP contribution in [-0.2, 0) is 0 Å². The van der Waals surface area contributed by atoms with Gasteiger partial charge in [0.1, 0.15) is 0 Å². The van der Waals surface area contributed by atoms with Gasteiger partial charge in [-0.1, -0.05) is 15.9 Å². The Labute approximate surface area is 80.6 Å². The molecule has 0 radical (unpaired) electrons. The molecule has 68 valence electrons. The molecule has 0 atom stereocenters.